The largest absolute Gasteiger partial charge is 0.481 e. The summed E-state index contributed by atoms with van der Waals surface area (Å²) in [5, 5.41) is 36.3. The van der Waals surface area contributed by atoms with Crippen LogP contribution in [0, 0.1) is 10.1 Å². The highest BCUT2D eigenvalue weighted by atomic mass is 32.2. The first-order valence-electron chi connectivity index (χ1n) is 23.3. The molecular formula is C50H61N7O13S. The number of rotatable bonds is 23. The van der Waals surface area contributed by atoms with Crippen LogP contribution in [0.2, 0.25) is 0 Å². The molecule has 5 atom stereocenters. The third-order valence-corrected chi connectivity index (χ3v) is 12.4. The number of nitrogens with one attached hydrogen (secondary N) is 5. The Morgan fingerprint density at radius 3 is 2.06 bits per heavy atom. The van der Waals surface area contributed by atoms with E-state index in [0.717, 1.165) is 16.8 Å². The maximum absolute atomic E-state index is 14.5. The van der Waals surface area contributed by atoms with E-state index in [1.54, 1.807) is 27.7 Å². The van der Waals surface area contributed by atoms with Gasteiger partial charge in [0.25, 0.3) is 21.7 Å². The van der Waals surface area contributed by atoms with Crippen LogP contribution in [0.3, 0.4) is 0 Å². The molecule has 6 amide bonds. The Balaban J connectivity index is 1.40. The molecule has 7 N–H and O–H groups in total. The molecule has 0 saturated carbocycles. The number of nitro benzene ring substituents is 1. The Morgan fingerprint density at radius 1 is 0.775 bits per heavy atom. The van der Waals surface area contributed by atoms with E-state index in [-0.39, 0.29) is 68.3 Å². The number of aliphatic carboxylic acids is 1. The molecule has 0 aliphatic carbocycles. The van der Waals surface area contributed by atoms with Crippen molar-refractivity contribution in [3.05, 3.63) is 123 Å². The van der Waals surface area contributed by atoms with Crippen LogP contribution in [-0.2, 0) is 57.5 Å². The second kappa shape index (κ2) is 24.5. The number of hydrogen-bond acceptors (Lipinski definition) is 11. The molecule has 1 heterocycles. The number of carboxylic acid groups (broad SMARTS) is 1. The summed E-state index contributed by atoms with van der Waals surface area (Å²) in [5.41, 5.74) is 0.214. The number of carbonyl (C=O) groups excluding carboxylic acids is 6. The lowest BCUT2D eigenvalue weighted by atomic mass is 9.97. The van der Waals surface area contributed by atoms with E-state index < -0.39 is 98.0 Å². The van der Waals surface area contributed by atoms with Gasteiger partial charge in [0, 0.05) is 49.0 Å². The van der Waals surface area contributed by atoms with E-state index in [0.29, 0.717) is 24.0 Å². The summed E-state index contributed by atoms with van der Waals surface area (Å²) in [6, 6.07) is 17.6. The lowest BCUT2D eigenvalue weighted by Gasteiger charge is -2.31. The lowest BCUT2D eigenvalue weighted by molar-refractivity contribution is -0.384. The summed E-state index contributed by atoms with van der Waals surface area (Å²) in [4.78, 5) is 108. The molecule has 21 heteroatoms. The molecule has 4 aromatic rings. The predicted octanol–water partition coefficient (Wildman–Crippen LogP) is 4.13. The summed E-state index contributed by atoms with van der Waals surface area (Å²) < 4.78 is 32.3. The van der Waals surface area contributed by atoms with Crippen molar-refractivity contribution in [3.63, 3.8) is 0 Å². The quantitative estimate of drug-likeness (QED) is 0.0313. The van der Waals surface area contributed by atoms with Gasteiger partial charge in [0.05, 0.1) is 4.92 Å². The van der Waals surface area contributed by atoms with Crippen LogP contribution in [-0.4, -0.2) is 112 Å². The average molecular weight is 1000 g/mol. The second-order valence-electron chi connectivity index (χ2n) is 18.6. The van der Waals surface area contributed by atoms with Gasteiger partial charge in [-0.05, 0) is 86.4 Å². The second-order valence-corrected chi connectivity index (χ2v) is 20.1. The number of carboxylic acids is 1. The minimum absolute atomic E-state index is 0.00696. The van der Waals surface area contributed by atoms with Crippen molar-refractivity contribution in [1.82, 2.24) is 31.5 Å². The Morgan fingerprint density at radius 2 is 1.41 bits per heavy atom. The highest BCUT2D eigenvalue weighted by Crippen LogP contribution is 2.23. The van der Waals surface area contributed by atoms with Crippen LogP contribution >= 0.6 is 0 Å². The summed E-state index contributed by atoms with van der Waals surface area (Å²) in [6.45, 7) is 7.18. The lowest BCUT2D eigenvalue weighted by Crippen LogP contribution is -2.59. The smallest absolute Gasteiger partial charge is 0.303 e. The van der Waals surface area contributed by atoms with E-state index in [1.165, 1.54) is 47.4 Å². The highest BCUT2D eigenvalue weighted by Gasteiger charge is 2.40. The van der Waals surface area contributed by atoms with Gasteiger partial charge in [-0.1, -0.05) is 86.1 Å². The van der Waals surface area contributed by atoms with Crippen LogP contribution in [0.15, 0.2) is 91.0 Å². The summed E-state index contributed by atoms with van der Waals surface area (Å²) in [6.07, 6.45) is 0.712. The number of carbonyl (C=O) groups is 7. The maximum Gasteiger partial charge on any atom is 0.303 e. The molecule has 71 heavy (non-hydrogen) atoms. The first kappa shape index (κ1) is 54.7. The van der Waals surface area contributed by atoms with Crippen LogP contribution in [0.1, 0.15) is 99.7 Å². The van der Waals surface area contributed by atoms with Crippen LogP contribution in [0.5, 0.6) is 0 Å². The van der Waals surface area contributed by atoms with Gasteiger partial charge in [-0.3, -0.25) is 48.2 Å². The highest BCUT2D eigenvalue weighted by molar-refractivity contribution is 7.85. The van der Waals surface area contributed by atoms with Gasteiger partial charge in [0.2, 0.25) is 29.5 Å². The Bertz CT molecular complexity index is 2720. The summed E-state index contributed by atoms with van der Waals surface area (Å²) in [5.74, 6) is -5.91. The van der Waals surface area contributed by atoms with E-state index >= 15 is 0 Å². The minimum atomic E-state index is -4.35. The van der Waals surface area contributed by atoms with Gasteiger partial charge in [-0.2, -0.15) is 8.42 Å². The normalized spacial score (nSPS) is 15.4. The topological polar surface area (TPSA) is 301 Å². The molecule has 0 aromatic heterocycles. The van der Waals surface area contributed by atoms with Crippen molar-refractivity contribution in [2.45, 2.75) is 127 Å². The molecule has 1 fully saturated rings. The molecule has 0 radical (unpaired) electrons. The number of benzene rings is 4. The zero-order valence-corrected chi connectivity index (χ0v) is 40.8. The first-order chi connectivity index (χ1) is 33.5. The van der Waals surface area contributed by atoms with Crippen molar-refractivity contribution < 1.29 is 56.6 Å². The average Bonchev–Trinajstić information content (AvgIpc) is 3.80. The number of fused-ring (bicyclic) bond motifs is 1. The number of non-ortho nitro benzene ring substituents is 1. The van der Waals surface area contributed by atoms with Crippen LogP contribution in [0.25, 0.3) is 10.8 Å². The van der Waals surface area contributed by atoms with Gasteiger partial charge >= 0.3 is 5.97 Å². The van der Waals surface area contributed by atoms with Gasteiger partial charge in [0.15, 0.2) is 0 Å². The maximum atomic E-state index is 14.5. The Hall–Kier alpha value is -7.26. The molecular weight excluding hydrogens is 939 g/mol. The van der Waals surface area contributed by atoms with E-state index in [9.17, 15) is 61.8 Å². The molecule has 1 aliphatic rings. The zero-order valence-electron chi connectivity index (χ0n) is 40.0. The van der Waals surface area contributed by atoms with Crippen molar-refractivity contribution in [2.75, 3.05) is 6.54 Å². The fourth-order valence-electron chi connectivity index (χ4n) is 8.37. The third-order valence-electron chi connectivity index (χ3n) is 11.7. The van der Waals surface area contributed by atoms with Gasteiger partial charge in [0.1, 0.15) is 36.0 Å². The van der Waals surface area contributed by atoms with E-state index in [2.05, 4.69) is 26.6 Å². The molecule has 5 rings (SSSR count). The SMILES string of the molecule is CCC[C@H](NC(=O)[C@H](Cc1ccc(CS(=O)(=O)O)cc1)NC(=O)c1cccc([N+](=O)[O-])c1)C(=O)N1CCC[C@H]1C(=O)N[C@@H](Cc1cccc2ccccc12)C(=O)N[C@@H](CCCC(=O)O)C(=O)NC(C)(C)C. The fourth-order valence-corrected chi connectivity index (χ4v) is 8.99. The number of nitro groups is 1. The third kappa shape index (κ3) is 16.4. The minimum Gasteiger partial charge on any atom is -0.481 e. The Kier molecular flexibility index (Phi) is 18.9. The molecule has 1 aliphatic heterocycles. The molecule has 0 unspecified atom stereocenters. The van der Waals surface area contributed by atoms with E-state index in [4.69, 9.17) is 0 Å². The number of hydrogen-bond donors (Lipinski definition) is 7. The van der Waals surface area contributed by atoms with Gasteiger partial charge in [-0.25, -0.2) is 0 Å². The number of amides is 6. The number of likely N-dealkylation sites (tertiary alicyclic amines) is 1. The van der Waals surface area contributed by atoms with Crippen LogP contribution < -0.4 is 26.6 Å². The fraction of sp³-hybridized carbons (Fsp3) is 0.420. The molecule has 4 aromatic carbocycles. The van der Waals surface area contributed by atoms with Crippen molar-refractivity contribution in [1.29, 1.82) is 0 Å². The standard InChI is InChI=1S/C50H61N7O13S/c1-5-12-39(52-45(61)40(27-31-22-24-32(25-23-31)30-71(68,69)70)53-44(60)35-16-9-17-36(28-35)57(66)67)49(65)56-26-11-20-42(56)48(64)54-41(29-34-15-8-14-33-13-6-7-18-37(33)34)46(62)51-38(19-10-21-43(58)59)47(63)55-50(2,3)4/h6-9,13-18,22-25,28,38-42H,5,10-12,19-21,26-27,29-30H2,1-4H3,(H,51,62)(H,52,61)(H,53,60)(H,54,64)(H,55,63)(H,58,59)(H,68,69,70)/t38-,39-,40-,41-,42-/m0/s1. The summed E-state index contributed by atoms with van der Waals surface area (Å²) in [7, 11) is -4.35. The first-order valence-corrected chi connectivity index (χ1v) is 24.9. The van der Waals surface area contributed by atoms with Gasteiger partial charge < -0.3 is 36.6 Å². The molecule has 0 bridgehead atoms. The van der Waals surface area contributed by atoms with Crippen LogP contribution in [0.4, 0.5) is 5.69 Å². The molecule has 1 saturated heterocycles. The van der Waals surface area contributed by atoms with Gasteiger partial charge in [-0.15, -0.1) is 0 Å². The van der Waals surface area contributed by atoms with Crippen molar-refractivity contribution >= 4 is 68.0 Å². The van der Waals surface area contributed by atoms with Crippen molar-refractivity contribution in [2.24, 2.45) is 0 Å². The molecule has 20 nitrogen and oxygen atoms in total. The predicted molar refractivity (Wildman–Crippen MR) is 262 cm³/mol. The Labute approximate surface area is 411 Å². The monoisotopic (exact) mass is 999 g/mol. The molecule has 0 spiro atoms. The zero-order chi connectivity index (χ0) is 52.0. The number of nitrogens with zero attached hydrogens (tertiary/aromatic N) is 2. The van der Waals surface area contributed by atoms with E-state index in [1.807, 2.05) is 42.5 Å². The van der Waals surface area contributed by atoms with Crippen molar-refractivity contribution in [3.8, 4) is 0 Å². The summed E-state index contributed by atoms with van der Waals surface area (Å²) >= 11 is 0. The molecule has 380 valence electrons.